The molecule has 0 unspecified atom stereocenters. The molecule has 0 N–H and O–H groups in total. The Hall–Kier alpha value is -0.280. The zero-order valence-corrected chi connectivity index (χ0v) is 9.59. The summed E-state index contributed by atoms with van der Waals surface area (Å²) in [5.41, 5.74) is 0. The summed E-state index contributed by atoms with van der Waals surface area (Å²) < 4.78 is 5.10. The van der Waals surface area contributed by atoms with E-state index < -0.39 is 5.38 Å². The summed E-state index contributed by atoms with van der Waals surface area (Å²) in [6.07, 6.45) is 3.28. The van der Waals surface area contributed by atoms with Crippen LogP contribution in [0.2, 0.25) is 0 Å². The van der Waals surface area contributed by atoms with Gasteiger partial charge < -0.3 is 9.64 Å². The minimum absolute atomic E-state index is 0.0356. The number of alkyl halides is 1. The zero-order valence-electron chi connectivity index (χ0n) is 8.83. The second-order valence-electron chi connectivity index (χ2n) is 3.75. The fourth-order valence-corrected chi connectivity index (χ4v) is 2.01. The van der Waals surface area contributed by atoms with E-state index in [0.29, 0.717) is 6.61 Å². The lowest BCUT2D eigenvalue weighted by atomic mass is 10.0. The van der Waals surface area contributed by atoms with Crippen molar-refractivity contribution < 1.29 is 9.53 Å². The van der Waals surface area contributed by atoms with Gasteiger partial charge in [-0.25, -0.2) is 0 Å². The average molecular weight is 220 g/mol. The van der Waals surface area contributed by atoms with E-state index in [1.807, 2.05) is 4.90 Å². The standard InChI is InChI=1S/C10H18ClNO2/c1-8(11)10(13)12-6-4-3-5-9(12)7-14-2/h8-9H,3-7H2,1-2H3/t8-,9-/m1/s1. The molecule has 0 aromatic rings. The van der Waals surface area contributed by atoms with Crippen molar-refractivity contribution in [2.75, 3.05) is 20.3 Å². The Kier molecular flexibility index (Phi) is 4.69. The zero-order chi connectivity index (χ0) is 10.6. The summed E-state index contributed by atoms with van der Waals surface area (Å²) in [6.45, 7) is 3.17. The van der Waals surface area contributed by atoms with E-state index in [1.54, 1.807) is 14.0 Å². The minimum Gasteiger partial charge on any atom is -0.383 e. The predicted octanol–water partition coefficient (Wildman–Crippen LogP) is 1.64. The fraction of sp³-hybridized carbons (Fsp3) is 0.900. The number of nitrogens with zero attached hydrogens (tertiary/aromatic N) is 1. The molecule has 0 spiro atoms. The maximum absolute atomic E-state index is 11.7. The van der Waals surface area contributed by atoms with Gasteiger partial charge in [0.2, 0.25) is 5.91 Å². The summed E-state index contributed by atoms with van der Waals surface area (Å²) in [6, 6.07) is 0.224. The third-order valence-corrected chi connectivity index (χ3v) is 2.80. The molecule has 14 heavy (non-hydrogen) atoms. The van der Waals surface area contributed by atoms with Crippen LogP contribution in [0.5, 0.6) is 0 Å². The van der Waals surface area contributed by atoms with Crippen molar-refractivity contribution in [1.29, 1.82) is 0 Å². The molecule has 1 saturated heterocycles. The Morgan fingerprint density at radius 2 is 2.36 bits per heavy atom. The highest BCUT2D eigenvalue weighted by Crippen LogP contribution is 2.19. The van der Waals surface area contributed by atoms with Crippen molar-refractivity contribution in [2.45, 2.75) is 37.6 Å². The van der Waals surface area contributed by atoms with E-state index in [-0.39, 0.29) is 11.9 Å². The second-order valence-corrected chi connectivity index (χ2v) is 4.41. The summed E-state index contributed by atoms with van der Waals surface area (Å²) in [5, 5.41) is -0.424. The van der Waals surface area contributed by atoms with E-state index in [4.69, 9.17) is 16.3 Å². The van der Waals surface area contributed by atoms with Crippen LogP contribution in [0.15, 0.2) is 0 Å². The lowest BCUT2D eigenvalue weighted by Gasteiger charge is -2.36. The molecule has 0 radical (unpaired) electrons. The van der Waals surface area contributed by atoms with Gasteiger partial charge in [-0.2, -0.15) is 0 Å². The Morgan fingerprint density at radius 3 is 2.93 bits per heavy atom. The average Bonchev–Trinajstić information content (AvgIpc) is 2.18. The van der Waals surface area contributed by atoms with E-state index in [9.17, 15) is 4.79 Å². The first-order chi connectivity index (χ1) is 6.66. The summed E-state index contributed by atoms with van der Waals surface area (Å²) in [7, 11) is 1.67. The highest BCUT2D eigenvalue weighted by atomic mass is 35.5. The van der Waals surface area contributed by atoms with Crippen LogP contribution in [0.1, 0.15) is 26.2 Å². The van der Waals surface area contributed by atoms with Crippen molar-refractivity contribution in [3.05, 3.63) is 0 Å². The number of rotatable bonds is 3. The summed E-state index contributed by atoms with van der Waals surface area (Å²) in [5.74, 6) is 0.0356. The smallest absolute Gasteiger partial charge is 0.240 e. The van der Waals surface area contributed by atoms with Gasteiger partial charge in [-0.05, 0) is 26.2 Å². The number of ether oxygens (including phenoxy) is 1. The lowest BCUT2D eigenvalue weighted by Crippen LogP contribution is -2.48. The van der Waals surface area contributed by atoms with Crippen molar-refractivity contribution in [3.8, 4) is 0 Å². The van der Waals surface area contributed by atoms with Crippen LogP contribution < -0.4 is 0 Å². The fourth-order valence-electron chi connectivity index (χ4n) is 1.88. The SMILES string of the molecule is COC[C@H]1CCCCN1C(=O)[C@@H](C)Cl. The molecule has 1 heterocycles. The van der Waals surface area contributed by atoms with Crippen LogP contribution in [0.4, 0.5) is 0 Å². The third kappa shape index (κ3) is 2.85. The maximum Gasteiger partial charge on any atom is 0.240 e. The molecule has 0 bridgehead atoms. The molecule has 1 aliphatic rings. The maximum atomic E-state index is 11.7. The third-order valence-electron chi connectivity index (χ3n) is 2.61. The Bertz CT molecular complexity index is 195. The van der Waals surface area contributed by atoms with Crippen LogP contribution in [-0.2, 0) is 9.53 Å². The van der Waals surface area contributed by atoms with E-state index in [1.165, 1.54) is 6.42 Å². The first-order valence-corrected chi connectivity index (χ1v) is 5.54. The number of carbonyl (C=O) groups is 1. The van der Waals surface area contributed by atoms with Gasteiger partial charge in [0.15, 0.2) is 0 Å². The molecule has 0 aromatic heterocycles. The number of hydrogen-bond acceptors (Lipinski definition) is 2. The minimum atomic E-state index is -0.424. The van der Waals surface area contributed by atoms with Crippen LogP contribution in [-0.4, -0.2) is 42.5 Å². The van der Waals surface area contributed by atoms with Gasteiger partial charge in [-0.15, -0.1) is 11.6 Å². The van der Waals surface area contributed by atoms with Crippen molar-refractivity contribution in [2.24, 2.45) is 0 Å². The molecule has 1 fully saturated rings. The van der Waals surface area contributed by atoms with E-state index >= 15 is 0 Å². The highest BCUT2D eigenvalue weighted by molar-refractivity contribution is 6.30. The Labute approximate surface area is 90.4 Å². The first kappa shape index (κ1) is 11.8. The number of halogens is 1. The molecule has 3 nitrogen and oxygen atoms in total. The van der Waals surface area contributed by atoms with E-state index in [0.717, 1.165) is 19.4 Å². The Morgan fingerprint density at radius 1 is 1.64 bits per heavy atom. The van der Waals surface area contributed by atoms with Gasteiger partial charge in [0.25, 0.3) is 0 Å². The van der Waals surface area contributed by atoms with E-state index in [2.05, 4.69) is 0 Å². The molecule has 2 atom stereocenters. The molecule has 1 aliphatic heterocycles. The second kappa shape index (κ2) is 5.56. The van der Waals surface area contributed by atoms with Crippen molar-refractivity contribution in [1.82, 2.24) is 4.90 Å². The molecule has 0 saturated carbocycles. The predicted molar refractivity (Wildman–Crippen MR) is 56.5 cm³/mol. The summed E-state index contributed by atoms with van der Waals surface area (Å²) in [4.78, 5) is 13.6. The summed E-state index contributed by atoms with van der Waals surface area (Å²) >= 11 is 5.80. The largest absolute Gasteiger partial charge is 0.383 e. The van der Waals surface area contributed by atoms with Gasteiger partial charge in [0.05, 0.1) is 12.6 Å². The quantitative estimate of drug-likeness (QED) is 0.676. The van der Waals surface area contributed by atoms with Gasteiger partial charge >= 0.3 is 0 Å². The first-order valence-electron chi connectivity index (χ1n) is 5.10. The molecule has 0 aromatic carbocycles. The number of piperidine rings is 1. The van der Waals surface area contributed by atoms with Gasteiger partial charge in [0.1, 0.15) is 5.38 Å². The monoisotopic (exact) mass is 219 g/mol. The van der Waals surface area contributed by atoms with Gasteiger partial charge in [-0.3, -0.25) is 4.79 Å². The Balaban J connectivity index is 2.57. The van der Waals surface area contributed by atoms with Crippen LogP contribution in [0, 0.1) is 0 Å². The molecule has 1 rings (SSSR count). The number of likely N-dealkylation sites (tertiary alicyclic amines) is 1. The number of amides is 1. The van der Waals surface area contributed by atoms with Crippen LogP contribution >= 0.6 is 11.6 Å². The lowest BCUT2D eigenvalue weighted by molar-refractivity contribution is -0.135. The van der Waals surface area contributed by atoms with Crippen molar-refractivity contribution in [3.63, 3.8) is 0 Å². The van der Waals surface area contributed by atoms with Crippen LogP contribution in [0.3, 0.4) is 0 Å². The van der Waals surface area contributed by atoms with Crippen LogP contribution in [0.25, 0.3) is 0 Å². The molecule has 4 heteroatoms. The molecular weight excluding hydrogens is 202 g/mol. The normalized spacial score (nSPS) is 24.8. The molecule has 0 aliphatic carbocycles. The number of methoxy groups -OCH3 is 1. The van der Waals surface area contributed by atoms with Gasteiger partial charge in [-0.1, -0.05) is 0 Å². The molecular formula is C10H18ClNO2. The van der Waals surface area contributed by atoms with Gasteiger partial charge in [0, 0.05) is 13.7 Å². The molecule has 1 amide bonds. The number of carbonyl (C=O) groups excluding carboxylic acids is 1. The number of hydrogen-bond donors (Lipinski definition) is 0. The molecule has 82 valence electrons. The van der Waals surface area contributed by atoms with Crippen molar-refractivity contribution >= 4 is 17.5 Å². The highest BCUT2D eigenvalue weighted by Gasteiger charge is 2.28. The topological polar surface area (TPSA) is 29.5 Å².